The van der Waals surface area contributed by atoms with Crippen LogP contribution in [0.5, 0.6) is 0 Å². The van der Waals surface area contributed by atoms with Gasteiger partial charge in [-0.05, 0) is 32.9 Å². The molecule has 0 aliphatic carbocycles. The van der Waals surface area contributed by atoms with E-state index in [1.54, 1.807) is 20.8 Å². The molecule has 1 N–H and O–H groups in total. The standard InChI is InChI=1S/C14H14F3N3O3/c1-14(2,3)22-13(21)18-6-9-19-12(20-23-9)7-4-5-8(15)11(17)10(7)16/h4-5H,6H2,1-3H3,(H,18,21). The van der Waals surface area contributed by atoms with Crippen molar-refractivity contribution >= 4 is 6.09 Å². The molecule has 0 aliphatic rings. The number of nitrogens with zero attached hydrogens (tertiary/aromatic N) is 2. The predicted molar refractivity (Wildman–Crippen MR) is 72.7 cm³/mol. The zero-order chi connectivity index (χ0) is 17.2. The second-order valence-electron chi connectivity index (χ2n) is 5.59. The van der Waals surface area contributed by atoms with Gasteiger partial charge in [0, 0.05) is 0 Å². The Morgan fingerprint density at radius 3 is 2.61 bits per heavy atom. The number of alkyl carbamates (subject to hydrolysis) is 1. The van der Waals surface area contributed by atoms with Crippen molar-refractivity contribution in [2.75, 3.05) is 0 Å². The molecular formula is C14H14F3N3O3. The lowest BCUT2D eigenvalue weighted by Crippen LogP contribution is -2.32. The normalized spacial score (nSPS) is 11.4. The minimum Gasteiger partial charge on any atom is -0.444 e. The van der Waals surface area contributed by atoms with E-state index in [-0.39, 0.29) is 23.8 Å². The summed E-state index contributed by atoms with van der Waals surface area (Å²) in [5.41, 5.74) is -1.02. The topological polar surface area (TPSA) is 77.2 Å². The summed E-state index contributed by atoms with van der Waals surface area (Å²) in [6, 6.07) is 1.74. The van der Waals surface area contributed by atoms with E-state index in [1.165, 1.54) is 0 Å². The summed E-state index contributed by atoms with van der Waals surface area (Å²) < 4.78 is 49.5. The molecule has 1 aromatic carbocycles. The Bertz CT molecular complexity index is 726. The number of halogens is 3. The number of nitrogens with one attached hydrogen (secondary N) is 1. The lowest BCUT2D eigenvalue weighted by molar-refractivity contribution is 0.0518. The van der Waals surface area contributed by atoms with E-state index in [2.05, 4.69) is 15.5 Å². The Morgan fingerprint density at radius 1 is 1.26 bits per heavy atom. The lowest BCUT2D eigenvalue weighted by atomic mass is 10.2. The van der Waals surface area contributed by atoms with Gasteiger partial charge in [0.2, 0.25) is 11.7 Å². The molecule has 6 nitrogen and oxygen atoms in total. The molecule has 23 heavy (non-hydrogen) atoms. The Hall–Kier alpha value is -2.58. The molecule has 124 valence electrons. The van der Waals surface area contributed by atoms with Gasteiger partial charge in [-0.15, -0.1) is 0 Å². The lowest BCUT2D eigenvalue weighted by Gasteiger charge is -2.19. The quantitative estimate of drug-likeness (QED) is 0.875. The summed E-state index contributed by atoms with van der Waals surface area (Å²) in [4.78, 5) is 15.3. The second-order valence-corrected chi connectivity index (χ2v) is 5.59. The number of ether oxygens (including phenoxy) is 1. The first-order valence-electron chi connectivity index (χ1n) is 6.60. The summed E-state index contributed by atoms with van der Waals surface area (Å²) in [6.07, 6.45) is -0.698. The van der Waals surface area contributed by atoms with Gasteiger partial charge in [0.1, 0.15) is 12.1 Å². The van der Waals surface area contributed by atoms with Crippen LogP contribution in [-0.2, 0) is 11.3 Å². The zero-order valence-electron chi connectivity index (χ0n) is 12.6. The molecule has 1 aromatic heterocycles. The second kappa shape index (κ2) is 6.27. The van der Waals surface area contributed by atoms with Crippen LogP contribution in [0.4, 0.5) is 18.0 Å². The van der Waals surface area contributed by atoms with Crippen molar-refractivity contribution in [3.05, 3.63) is 35.5 Å². The molecule has 1 amide bonds. The third kappa shape index (κ3) is 4.21. The molecule has 2 aromatic rings. The van der Waals surface area contributed by atoms with Gasteiger partial charge in [0.15, 0.2) is 17.5 Å². The highest BCUT2D eigenvalue weighted by Gasteiger charge is 2.20. The fraction of sp³-hybridized carbons (Fsp3) is 0.357. The molecular weight excluding hydrogens is 315 g/mol. The van der Waals surface area contributed by atoms with Crippen molar-refractivity contribution in [3.63, 3.8) is 0 Å². The molecule has 0 aliphatic heterocycles. The maximum atomic E-state index is 13.6. The third-order valence-electron chi connectivity index (χ3n) is 2.53. The Morgan fingerprint density at radius 2 is 1.96 bits per heavy atom. The number of carbonyl (C=O) groups excluding carboxylic acids is 1. The van der Waals surface area contributed by atoms with Crippen LogP contribution in [0, 0.1) is 17.5 Å². The first-order chi connectivity index (χ1) is 10.7. The van der Waals surface area contributed by atoms with Crippen LogP contribution in [0.2, 0.25) is 0 Å². The van der Waals surface area contributed by atoms with Gasteiger partial charge in [0.05, 0.1) is 5.56 Å². The zero-order valence-corrected chi connectivity index (χ0v) is 12.6. The Balaban J connectivity index is 2.07. The highest BCUT2D eigenvalue weighted by molar-refractivity contribution is 5.67. The van der Waals surface area contributed by atoms with Crippen LogP contribution >= 0.6 is 0 Å². The van der Waals surface area contributed by atoms with E-state index in [1.807, 2.05) is 0 Å². The summed E-state index contributed by atoms with van der Waals surface area (Å²) >= 11 is 0. The molecule has 0 fully saturated rings. The highest BCUT2D eigenvalue weighted by atomic mass is 19.2. The largest absolute Gasteiger partial charge is 0.444 e. The van der Waals surface area contributed by atoms with E-state index in [0.29, 0.717) is 0 Å². The van der Waals surface area contributed by atoms with Crippen LogP contribution in [0.3, 0.4) is 0 Å². The molecule has 1 heterocycles. The molecule has 0 saturated heterocycles. The minimum atomic E-state index is -1.62. The third-order valence-corrected chi connectivity index (χ3v) is 2.53. The van der Waals surface area contributed by atoms with Gasteiger partial charge >= 0.3 is 6.09 Å². The maximum Gasteiger partial charge on any atom is 0.408 e. The van der Waals surface area contributed by atoms with E-state index < -0.39 is 29.1 Å². The van der Waals surface area contributed by atoms with Gasteiger partial charge in [-0.2, -0.15) is 4.98 Å². The molecule has 9 heteroatoms. The molecule has 0 unspecified atom stereocenters. The number of hydrogen-bond donors (Lipinski definition) is 1. The molecule has 0 radical (unpaired) electrons. The monoisotopic (exact) mass is 329 g/mol. The predicted octanol–water partition coefficient (Wildman–Crippen LogP) is 3.18. The van der Waals surface area contributed by atoms with Crippen LogP contribution in [-0.4, -0.2) is 21.8 Å². The van der Waals surface area contributed by atoms with Gasteiger partial charge < -0.3 is 14.6 Å². The summed E-state index contributed by atoms with van der Waals surface area (Å²) in [7, 11) is 0. The van der Waals surface area contributed by atoms with Crippen LogP contribution in [0.1, 0.15) is 26.7 Å². The van der Waals surface area contributed by atoms with Crippen LogP contribution in [0.15, 0.2) is 16.7 Å². The average Bonchev–Trinajstić information content (AvgIpc) is 2.89. The number of benzene rings is 1. The van der Waals surface area contributed by atoms with Gasteiger partial charge in [-0.25, -0.2) is 18.0 Å². The SMILES string of the molecule is CC(C)(C)OC(=O)NCc1nc(-c2ccc(F)c(F)c2F)no1. The van der Waals surface area contributed by atoms with Gasteiger partial charge in [-0.1, -0.05) is 5.16 Å². The number of carbonyl (C=O) groups is 1. The number of rotatable bonds is 3. The Labute approximate surface area is 129 Å². The molecule has 2 rings (SSSR count). The smallest absolute Gasteiger partial charge is 0.408 e. The van der Waals surface area contributed by atoms with E-state index in [0.717, 1.165) is 12.1 Å². The fourth-order valence-corrected chi connectivity index (χ4v) is 1.60. The number of amides is 1. The summed E-state index contributed by atoms with van der Waals surface area (Å²) in [5, 5.41) is 5.83. The van der Waals surface area contributed by atoms with Gasteiger partial charge in [-0.3, -0.25) is 0 Å². The molecule has 0 bridgehead atoms. The van der Waals surface area contributed by atoms with Crippen LogP contribution in [0.25, 0.3) is 11.4 Å². The van der Waals surface area contributed by atoms with E-state index in [9.17, 15) is 18.0 Å². The Kier molecular flexibility index (Phi) is 4.57. The molecule has 0 saturated carbocycles. The summed E-state index contributed by atoms with van der Waals surface area (Å²) in [5.74, 6) is -4.67. The fourth-order valence-electron chi connectivity index (χ4n) is 1.60. The van der Waals surface area contributed by atoms with Crippen molar-refractivity contribution in [2.24, 2.45) is 0 Å². The van der Waals surface area contributed by atoms with Gasteiger partial charge in [0.25, 0.3) is 0 Å². The van der Waals surface area contributed by atoms with Crippen molar-refractivity contribution < 1.29 is 27.2 Å². The molecule has 0 spiro atoms. The van der Waals surface area contributed by atoms with Crippen LogP contribution < -0.4 is 5.32 Å². The van der Waals surface area contributed by atoms with Crippen molar-refractivity contribution in [1.82, 2.24) is 15.5 Å². The van der Waals surface area contributed by atoms with Crippen molar-refractivity contribution in [3.8, 4) is 11.4 Å². The first kappa shape index (κ1) is 16.8. The van der Waals surface area contributed by atoms with E-state index in [4.69, 9.17) is 9.26 Å². The number of aromatic nitrogens is 2. The van der Waals surface area contributed by atoms with Crippen molar-refractivity contribution in [1.29, 1.82) is 0 Å². The highest BCUT2D eigenvalue weighted by Crippen LogP contribution is 2.23. The minimum absolute atomic E-state index is 0.0463. The summed E-state index contributed by atoms with van der Waals surface area (Å²) in [6.45, 7) is 4.93. The maximum absolute atomic E-state index is 13.6. The van der Waals surface area contributed by atoms with E-state index >= 15 is 0 Å². The average molecular weight is 329 g/mol. The first-order valence-corrected chi connectivity index (χ1v) is 6.60. The molecule has 0 atom stereocenters. The number of hydrogen-bond acceptors (Lipinski definition) is 5. The van der Waals surface area contributed by atoms with Crippen molar-refractivity contribution in [2.45, 2.75) is 32.9 Å².